The Morgan fingerprint density at radius 1 is 1.11 bits per heavy atom. The maximum Gasteiger partial charge on any atom is 0.241 e. The molecule has 0 atom stereocenters. The molecule has 0 aromatic heterocycles. The molecule has 0 heterocycles. The first-order valence-corrected chi connectivity index (χ1v) is 8.55. The molecule has 0 aliphatic carbocycles. The number of amides is 2. The minimum Gasteiger partial charge on any atom is -0.497 e. The van der Waals surface area contributed by atoms with Crippen LogP contribution < -0.4 is 15.4 Å². The lowest BCUT2D eigenvalue weighted by molar-refractivity contribution is -0.120. The zero-order valence-electron chi connectivity index (χ0n) is 15.5. The number of likely N-dealkylation sites (N-methyl/N-ethyl adjacent to an activating group) is 1. The quantitative estimate of drug-likeness (QED) is 0.731. The van der Waals surface area contributed by atoms with Crippen molar-refractivity contribution in [3.8, 4) is 5.75 Å². The molecular weight excluding hydrogens is 349 g/mol. The zero-order valence-corrected chi connectivity index (χ0v) is 15.5. The number of nitrogens with two attached hydrogens (primary N) is 1. The Morgan fingerprint density at radius 2 is 1.78 bits per heavy atom. The van der Waals surface area contributed by atoms with Gasteiger partial charge >= 0.3 is 0 Å². The number of ether oxygens (including phenoxy) is 1. The molecule has 0 radical (unpaired) electrons. The first kappa shape index (κ1) is 20.4. The van der Waals surface area contributed by atoms with Gasteiger partial charge in [0.25, 0.3) is 0 Å². The van der Waals surface area contributed by atoms with Gasteiger partial charge in [0.05, 0.1) is 13.7 Å². The summed E-state index contributed by atoms with van der Waals surface area (Å²) in [5, 5.41) is 0. The molecule has 6 nitrogen and oxygen atoms in total. The molecule has 27 heavy (non-hydrogen) atoms. The highest BCUT2D eigenvalue weighted by atomic mass is 19.1. The molecule has 0 fully saturated rings. The summed E-state index contributed by atoms with van der Waals surface area (Å²) in [7, 11) is 3.30. The third-order valence-electron chi connectivity index (χ3n) is 4.07. The number of nitrogens with zero attached hydrogens (tertiary/aromatic N) is 2. The Bertz CT molecular complexity index is 780. The Labute approximate surface area is 158 Å². The Morgan fingerprint density at radius 3 is 2.37 bits per heavy atom. The van der Waals surface area contributed by atoms with Crippen LogP contribution in [-0.2, 0) is 16.1 Å². The van der Waals surface area contributed by atoms with Crippen molar-refractivity contribution in [3.63, 3.8) is 0 Å². The van der Waals surface area contributed by atoms with Crippen LogP contribution >= 0.6 is 0 Å². The van der Waals surface area contributed by atoms with Crippen LogP contribution in [0, 0.1) is 5.82 Å². The Hall–Kier alpha value is -2.93. The van der Waals surface area contributed by atoms with Crippen molar-refractivity contribution >= 4 is 17.5 Å². The van der Waals surface area contributed by atoms with Crippen LogP contribution in [0.5, 0.6) is 5.75 Å². The van der Waals surface area contributed by atoms with E-state index in [0.717, 1.165) is 0 Å². The maximum atomic E-state index is 13.8. The molecule has 2 rings (SSSR count). The normalized spacial score (nSPS) is 10.7. The van der Waals surface area contributed by atoms with Gasteiger partial charge in [0.15, 0.2) is 0 Å². The second-order valence-corrected chi connectivity index (χ2v) is 6.22. The van der Waals surface area contributed by atoms with E-state index in [-0.39, 0.29) is 31.2 Å². The van der Waals surface area contributed by atoms with E-state index in [1.807, 2.05) is 0 Å². The lowest BCUT2D eigenvalue weighted by atomic mass is 10.2. The molecule has 0 unspecified atom stereocenters. The number of benzene rings is 2. The van der Waals surface area contributed by atoms with Gasteiger partial charge in [-0.1, -0.05) is 18.2 Å². The summed E-state index contributed by atoms with van der Waals surface area (Å²) in [6.45, 7) is 0.540. The molecule has 0 saturated heterocycles. The average molecular weight is 373 g/mol. The molecule has 0 aliphatic rings. The SMILES string of the molecule is COc1ccc(N(CCC(N)=O)C(=O)CN(C)Cc2ccccc2F)cc1. The van der Waals surface area contributed by atoms with Crippen LogP contribution in [0.4, 0.5) is 10.1 Å². The molecule has 2 N–H and O–H groups in total. The molecule has 0 bridgehead atoms. The van der Waals surface area contributed by atoms with Crippen molar-refractivity contribution in [2.45, 2.75) is 13.0 Å². The predicted molar refractivity (Wildman–Crippen MR) is 102 cm³/mol. The summed E-state index contributed by atoms with van der Waals surface area (Å²) in [6, 6.07) is 13.4. The topological polar surface area (TPSA) is 75.9 Å². The van der Waals surface area contributed by atoms with E-state index in [2.05, 4.69) is 0 Å². The fourth-order valence-electron chi connectivity index (χ4n) is 2.67. The summed E-state index contributed by atoms with van der Waals surface area (Å²) >= 11 is 0. The van der Waals surface area contributed by atoms with Gasteiger partial charge in [-0.25, -0.2) is 4.39 Å². The van der Waals surface area contributed by atoms with Gasteiger partial charge in [0.2, 0.25) is 11.8 Å². The second-order valence-electron chi connectivity index (χ2n) is 6.22. The fraction of sp³-hybridized carbons (Fsp3) is 0.300. The third-order valence-corrected chi connectivity index (χ3v) is 4.07. The minimum absolute atomic E-state index is 0.0504. The Balaban J connectivity index is 2.09. The van der Waals surface area contributed by atoms with E-state index in [9.17, 15) is 14.0 Å². The van der Waals surface area contributed by atoms with E-state index in [4.69, 9.17) is 10.5 Å². The number of rotatable bonds is 9. The smallest absolute Gasteiger partial charge is 0.241 e. The largest absolute Gasteiger partial charge is 0.497 e. The number of primary amides is 1. The zero-order chi connectivity index (χ0) is 19.8. The first-order chi connectivity index (χ1) is 12.9. The molecule has 2 aromatic carbocycles. The molecule has 7 heteroatoms. The van der Waals surface area contributed by atoms with Gasteiger partial charge < -0.3 is 15.4 Å². The summed E-state index contributed by atoms with van der Waals surface area (Å²) in [6.07, 6.45) is 0.0504. The number of halogens is 1. The van der Waals surface area contributed by atoms with Crippen molar-refractivity contribution in [2.75, 3.05) is 32.1 Å². The monoisotopic (exact) mass is 373 g/mol. The van der Waals surface area contributed by atoms with E-state index in [0.29, 0.717) is 23.5 Å². The standard InChI is InChI=1S/C20H24FN3O3/c1-23(13-15-5-3-4-6-18(15)21)14-20(26)24(12-11-19(22)25)16-7-9-17(27-2)10-8-16/h3-10H,11-14H2,1-2H3,(H2,22,25). The molecular formula is C20H24FN3O3. The minimum atomic E-state index is -0.485. The Kier molecular flexibility index (Phi) is 7.31. The first-order valence-electron chi connectivity index (χ1n) is 8.55. The molecule has 0 saturated carbocycles. The third kappa shape index (κ3) is 6.07. The summed E-state index contributed by atoms with van der Waals surface area (Å²) in [5.74, 6) is -0.337. The van der Waals surface area contributed by atoms with Crippen LogP contribution in [-0.4, -0.2) is 44.0 Å². The molecule has 0 spiro atoms. The van der Waals surface area contributed by atoms with Gasteiger partial charge in [-0.2, -0.15) is 0 Å². The number of anilines is 1. The summed E-state index contributed by atoms with van der Waals surface area (Å²) in [4.78, 5) is 27.2. The van der Waals surface area contributed by atoms with Crippen LogP contribution in [0.1, 0.15) is 12.0 Å². The van der Waals surface area contributed by atoms with E-state index >= 15 is 0 Å². The maximum absolute atomic E-state index is 13.8. The van der Waals surface area contributed by atoms with Crippen LogP contribution in [0.3, 0.4) is 0 Å². The predicted octanol–water partition coefficient (Wildman–Crippen LogP) is 2.17. The van der Waals surface area contributed by atoms with Crippen LogP contribution in [0.2, 0.25) is 0 Å². The average Bonchev–Trinajstić information content (AvgIpc) is 2.64. The van der Waals surface area contributed by atoms with Gasteiger partial charge in [-0.15, -0.1) is 0 Å². The van der Waals surface area contributed by atoms with Crippen LogP contribution in [0.15, 0.2) is 48.5 Å². The lowest BCUT2D eigenvalue weighted by Crippen LogP contribution is -2.40. The highest BCUT2D eigenvalue weighted by Crippen LogP contribution is 2.20. The number of carbonyl (C=O) groups is 2. The fourth-order valence-corrected chi connectivity index (χ4v) is 2.67. The number of methoxy groups -OCH3 is 1. The molecule has 2 amide bonds. The van der Waals surface area contributed by atoms with Crippen molar-refractivity contribution in [3.05, 3.63) is 59.9 Å². The van der Waals surface area contributed by atoms with E-state index < -0.39 is 5.91 Å². The second kappa shape index (κ2) is 9.68. The van der Waals surface area contributed by atoms with Crippen molar-refractivity contribution in [1.82, 2.24) is 4.90 Å². The number of hydrogen-bond donors (Lipinski definition) is 1. The number of hydrogen-bond acceptors (Lipinski definition) is 4. The van der Waals surface area contributed by atoms with Crippen LogP contribution in [0.25, 0.3) is 0 Å². The lowest BCUT2D eigenvalue weighted by Gasteiger charge is -2.25. The van der Waals surface area contributed by atoms with Gasteiger partial charge in [0.1, 0.15) is 11.6 Å². The summed E-state index contributed by atoms with van der Waals surface area (Å²) < 4.78 is 18.9. The molecule has 0 aliphatic heterocycles. The highest BCUT2D eigenvalue weighted by molar-refractivity contribution is 5.95. The van der Waals surface area contributed by atoms with E-state index in [1.54, 1.807) is 61.5 Å². The van der Waals surface area contributed by atoms with Crippen molar-refractivity contribution < 1.29 is 18.7 Å². The van der Waals surface area contributed by atoms with Gasteiger partial charge in [-0.3, -0.25) is 14.5 Å². The number of carbonyl (C=O) groups excluding carboxylic acids is 2. The van der Waals surface area contributed by atoms with Gasteiger partial charge in [0, 0.05) is 30.8 Å². The van der Waals surface area contributed by atoms with E-state index in [1.165, 1.54) is 11.0 Å². The van der Waals surface area contributed by atoms with Crippen molar-refractivity contribution in [1.29, 1.82) is 0 Å². The summed E-state index contributed by atoms with van der Waals surface area (Å²) in [5.41, 5.74) is 6.39. The molecule has 144 valence electrons. The molecule has 2 aromatic rings. The highest BCUT2D eigenvalue weighted by Gasteiger charge is 2.19. The van der Waals surface area contributed by atoms with Crippen molar-refractivity contribution in [2.24, 2.45) is 5.73 Å². The van der Waals surface area contributed by atoms with Gasteiger partial charge in [-0.05, 0) is 37.4 Å².